The van der Waals surface area contributed by atoms with Crippen LogP contribution in [0.25, 0.3) is 22.6 Å². The average Bonchev–Trinajstić information content (AvgIpc) is 3.11. The summed E-state index contributed by atoms with van der Waals surface area (Å²) in [5, 5.41) is 3.47. The number of fused-ring (bicyclic) bond motifs is 1. The maximum atomic E-state index is 4.65. The van der Waals surface area contributed by atoms with Crippen molar-refractivity contribution in [1.82, 2.24) is 19.9 Å². The van der Waals surface area contributed by atoms with Crippen molar-refractivity contribution in [2.24, 2.45) is 5.92 Å². The van der Waals surface area contributed by atoms with Gasteiger partial charge < -0.3 is 15.3 Å². The monoisotopic (exact) mass is 341 g/mol. The fourth-order valence-corrected chi connectivity index (χ4v) is 2.22. The van der Waals surface area contributed by atoms with Crippen LogP contribution in [-0.4, -0.2) is 25.5 Å². The van der Waals surface area contributed by atoms with Crippen molar-refractivity contribution in [1.29, 1.82) is 0 Å². The van der Waals surface area contributed by atoms with Gasteiger partial charge in [0.05, 0.1) is 17.4 Å². The summed E-state index contributed by atoms with van der Waals surface area (Å²) in [7, 11) is 0. The second-order valence-electron chi connectivity index (χ2n) is 7.83. The summed E-state index contributed by atoms with van der Waals surface area (Å²) in [4.78, 5) is 15.6. The summed E-state index contributed by atoms with van der Waals surface area (Å²) < 4.78 is 0. The molecule has 0 fully saturated rings. The Bertz CT molecular complexity index is 808. The van der Waals surface area contributed by atoms with E-state index in [4.69, 9.17) is 0 Å². The normalized spacial score (nSPS) is 11.5. The SMILES string of the molecule is CC(C)C.CCC(C)(C)Nc1nc[nH]c1-c1nc2ccc(C)cc2[nH]1. The second-order valence-corrected chi connectivity index (χ2v) is 7.83. The van der Waals surface area contributed by atoms with Crippen LogP contribution in [0.4, 0.5) is 5.82 Å². The Kier molecular flexibility index (Phi) is 5.88. The third-order valence-corrected chi connectivity index (χ3v) is 3.85. The molecule has 0 aliphatic heterocycles. The summed E-state index contributed by atoms with van der Waals surface area (Å²) in [5.74, 6) is 2.47. The van der Waals surface area contributed by atoms with Crippen LogP contribution in [0.3, 0.4) is 0 Å². The fraction of sp³-hybridized carbons (Fsp3) is 0.500. The highest BCUT2D eigenvalue weighted by Gasteiger charge is 2.20. The molecule has 0 radical (unpaired) electrons. The van der Waals surface area contributed by atoms with Crippen molar-refractivity contribution >= 4 is 16.9 Å². The van der Waals surface area contributed by atoms with Gasteiger partial charge in [0.2, 0.25) is 0 Å². The van der Waals surface area contributed by atoms with Crippen molar-refractivity contribution in [2.45, 2.75) is 60.4 Å². The van der Waals surface area contributed by atoms with Gasteiger partial charge in [-0.05, 0) is 50.8 Å². The summed E-state index contributed by atoms with van der Waals surface area (Å²) >= 11 is 0. The summed E-state index contributed by atoms with van der Waals surface area (Å²) in [6, 6.07) is 6.20. The highest BCUT2D eigenvalue weighted by Crippen LogP contribution is 2.27. The van der Waals surface area contributed by atoms with Crippen molar-refractivity contribution in [2.75, 3.05) is 5.32 Å². The number of aromatic amines is 2. The molecular weight excluding hydrogens is 310 g/mol. The van der Waals surface area contributed by atoms with Crippen LogP contribution in [0.5, 0.6) is 0 Å². The number of aromatic nitrogens is 4. The summed E-state index contributed by atoms with van der Waals surface area (Å²) in [5.41, 5.74) is 4.11. The predicted octanol–water partition coefficient (Wildman–Crippen LogP) is 5.52. The number of nitrogens with zero attached hydrogens (tertiary/aromatic N) is 2. The van der Waals surface area contributed by atoms with Crippen LogP contribution >= 0.6 is 0 Å². The van der Waals surface area contributed by atoms with Gasteiger partial charge in [0, 0.05) is 5.54 Å². The van der Waals surface area contributed by atoms with Crippen LogP contribution in [0.15, 0.2) is 24.5 Å². The Balaban J connectivity index is 0.000000511. The Morgan fingerprint density at radius 1 is 1.20 bits per heavy atom. The van der Waals surface area contributed by atoms with E-state index in [2.05, 4.69) is 85.9 Å². The zero-order valence-corrected chi connectivity index (χ0v) is 16.5. The zero-order chi connectivity index (χ0) is 18.6. The number of aryl methyl sites for hydroxylation is 1. The maximum absolute atomic E-state index is 4.65. The topological polar surface area (TPSA) is 69.4 Å². The summed E-state index contributed by atoms with van der Waals surface area (Å²) in [6.07, 6.45) is 2.71. The minimum Gasteiger partial charge on any atom is -0.363 e. The molecule has 5 heteroatoms. The van der Waals surface area contributed by atoms with Gasteiger partial charge >= 0.3 is 0 Å². The van der Waals surface area contributed by atoms with Gasteiger partial charge in [0.15, 0.2) is 11.6 Å². The first-order valence-electron chi connectivity index (χ1n) is 9.00. The van der Waals surface area contributed by atoms with E-state index in [9.17, 15) is 0 Å². The molecule has 0 bridgehead atoms. The smallest absolute Gasteiger partial charge is 0.158 e. The number of imidazole rings is 2. The van der Waals surface area contributed by atoms with Gasteiger partial charge in [0.1, 0.15) is 5.69 Å². The highest BCUT2D eigenvalue weighted by atomic mass is 15.1. The van der Waals surface area contributed by atoms with E-state index >= 15 is 0 Å². The third-order valence-electron chi connectivity index (χ3n) is 3.85. The lowest BCUT2D eigenvalue weighted by Gasteiger charge is -2.24. The number of anilines is 1. The number of hydrogen-bond acceptors (Lipinski definition) is 3. The van der Waals surface area contributed by atoms with Gasteiger partial charge in [-0.3, -0.25) is 0 Å². The second kappa shape index (κ2) is 7.72. The van der Waals surface area contributed by atoms with Crippen LogP contribution < -0.4 is 5.32 Å². The zero-order valence-electron chi connectivity index (χ0n) is 16.5. The molecule has 0 saturated heterocycles. The lowest BCUT2D eigenvalue weighted by atomic mass is 10.0. The molecule has 0 aliphatic rings. The molecule has 0 atom stereocenters. The Labute approximate surface area is 150 Å². The summed E-state index contributed by atoms with van der Waals surface area (Å²) in [6.45, 7) is 15.1. The van der Waals surface area contributed by atoms with E-state index in [1.54, 1.807) is 6.33 Å². The molecular formula is C20H31N5. The third kappa shape index (κ3) is 5.08. The minimum absolute atomic E-state index is 0.00739. The van der Waals surface area contributed by atoms with Crippen LogP contribution in [0.2, 0.25) is 0 Å². The lowest BCUT2D eigenvalue weighted by molar-refractivity contribution is 0.545. The first kappa shape index (κ1) is 19.0. The molecule has 0 aliphatic carbocycles. The molecule has 3 N–H and O–H groups in total. The van der Waals surface area contributed by atoms with Gasteiger partial charge in [-0.1, -0.05) is 33.8 Å². The first-order chi connectivity index (χ1) is 11.7. The van der Waals surface area contributed by atoms with Crippen LogP contribution in [0.1, 0.15) is 53.5 Å². The molecule has 0 saturated carbocycles. The standard InChI is InChI=1S/C16H21N5.C4H10/c1-5-16(3,4)21-14-13(17-9-18-14)15-19-11-7-6-10(2)8-12(11)20-15;1-4(2)3/h6-9,21H,5H2,1-4H3,(H,17,18)(H,19,20);4H,1-3H3. The first-order valence-corrected chi connectivity index (χ1v) is 9.00. The number of nitrogens with one attached hydrogen (secondary N) is 3. The van der Waals surface area contributed by atoms with Gasteiger partial charge in [-0.15, -0.1) is 0 Å². The minimum atomic E-state index is -0.00739. The lowest BCUT2D eigenvalue weighted by Crippen LogP contribution is -2.30. The van der Waals surface area contributed by atoms with E-state index in [1.807, 2.05) is 6.07 Å². The number of rotatable bonds is 4. The molecule has 0 spiro atoms. The van der Waals surface area contributed by atoms with E-state index < -0.39 is 0 Å². The predicted molar refractivity (Wildman–Crippen MR) is 107 cm³/mol. The Morgan fingerprint density at radius 3 is 2.52 bits per heavy atom. The van der Waals surface area contributed by atoms with Crippen molar-refractivity contribution < 1.29 is 0 Å². The van der Waals surface area contributed by atoms with Crippen molar-refractivity contribution in [3.05, 3.63) is 30.1 Å². The maximum Gasteiger partial charge on any atom is 0.158 e. The Hall–Kier alpha value is -2.30. The molecule has 1 aromatic carbocycles. The van der Waals surface area contributed by atoms with E-state index in [-0.39, 0.29) is 5.54 Å². The van der Waals surface area contributed by atoms with Crippen molar-refractivity contribution in [3.63, 3.8) is 0 Å². The quantitative estimate of drug-likeness (QED) is 0.585. The molecule has 25 heavy (non-hydrogen) atoms. The van der Waals surface area contributed by atoms with Crippen LogP contribution in [-0.2, 0) is 0 Å². The highest BCUT2D eigenvalue weighted by molar-refractivity contribution is 5.81. The van der Waals surface area contributed by atoms with E-state index in [0.717, 1.165) is 40.7 Å². The van der Waals surface area contributed by atoms with Gasteiger partial charge in [-0.25, -0.2) is 9.97 Å². The number of H-pyrrole nitrogens is 2. The fourth-order valence-electron chi connectivity index (χ4n) is 2.22. The van der Waals surface area contributed by atoms with Crippen molar-refractivity contribution in [3.8, 4) is 11.5 Å². The molecule has 3 rings (SSSR count). The molecule has 5 nitrogen and oxygen atoms in total. The molecule has 0 amide bonds. The molecule has 0 unspecified atom stereocenters. The number of hydrogen-bond donors (Lipinski definition) is 3. The molecule has 3 aromatic rings. The molecule has 2 aromatic heterocycles. The van der Waals surface area contributed by atoms with E-state index in [1.165, 1.54) is 5.56 Å². The van der Waals surface area contributed by atoms with Crippen LogP contribution in [0, 0.1) is 12.8 Å². The van der Waals surface area contributed by atoms with E-state index in [0.29, 0.717) is 0 Å². The molecule has 136 valence electrons. The average molecular weight is 342 g/mol. The van der Waals surface area contributed by atoms with Gasteiger partial charge in [-0.2, -0.15) is 0 Å². The van der Waals surface area contributed by atoms with Gasteiger partial charge in [0.25, 0.3) is 0 Å². The number of benzene rings is 1. The molecule has 2 heterocycles. The Morgan fingerprint density at radius 2 is 1.88 bits per heavy atom. The largest absolute Gasteiger partial charge is 0.363 e.